The summed E-state index contributed by atoms with van der Waals surface area (Å²) in [4.78, 5) is 13.3. The van der Waals surface area contributed by atoms with Crippen LogP contribution in [0, 0.1) is 5.92 Å². The molecule has 160 valence electrons. The lowest BCUT2D eigenvalue weighted by atomic mass is 9.94. The summed E-state index contributed by atoms with van der Waals surface area (Å²) >= 11 is 0. The number of pyridine rings is 2. The molecule has 0 amide bonds. The van der Waals surface area contributed by atoms with E-state index in [1.54, 1.807) is 0 Å². The number of piperidine rings is 1. The number of ether oxygens (including phenoxy) is 1. The minimum atomic E-state index is 0.579. The van der Waals surface area contributed by atoms with E-state index in [0.29, 0.717) is 11.8 Å². The number of nitrogens with one attached hydrogen (secondary N) is 2. The highest BCUT2D eigenvalue weighted by Gasteiger charge is 2.20. The molecule has 2 saturated heterocycles. The van der Waals surface area contributed by atoms with Crippen molar-refractivity contribution in [1.82, 2.24) is 24.8 Å². The third kappa shape index (κ3) is 3.64. The molecule has 4 aromatic heterocycles. The summed E-state index contributed by atoms with van der Waals surface area (Å²) < 4.78 is 7.86. The number of aromatic amines is 1. The van der Waals surface area contributed by atoms with Gasteiger partial charge in [-0.25, -0.2) is 9.97 Å². The van der Waals surface area contributed by atoms with Crippen molar-refractivity contribution in [3.8, 4) is 11.3 Å². The molecule has 0 spiro atoms. The number of rotatable bonds is 4. The molecule has 0 atom stereocenters. The van der Waals surface area contributed by atoms with Crippen LogP contribution in [0.15, 0.2) is 42.7 Å². The third-order valence-corrected chi connectivity index (χ3v) is 7.01. The van der Waals surface area contributed by atoms with E-state index in [4.69, 9.17) is 9.72 Å². The molecule has 6 nitrogen and oxygen atoms in total. The first kappa shape index (κ1) is 19.0. The van der Waals surface area contributed by atoms with Crippen molar-refractivity contribution in [2.45, 2.75) is 38.1 Å². The molecule has 31 heavy (non-hydrogen) atoms. The molecule has 0 aliphatic carbocycles. The first-order valence-electron chi connectivity index (χ1n) is 11.6. The monoisotopic (exact) mass is 415 g/mol. The van der Waals surface area contributed by atoms with E-state index in [-0.39, 0.29) is 0 Å². The van der Waals surface area contributed by atoms with Gasteiger partial charge in [0, 0.05) is 60.1 Å². The molecule has 6 rings (SSSR count). The molecule has 2 aliphatic heterocycles. The molecule has 2 N–H and O–H groups in total. The Labute approximate surface area is 182 Å². The van der Waals surface area contributed by atoms with Gasteiger partial charge in [0.2, 0.25) is 0 Å². The molecule has 0 bridgehead atoms. The molecule has 6 heterocycles. The van der Waals surface area contributed by atoms with Crippen LogP contribution in [0.1, 0.15) is 37.3 Å². The summed E-state index contributed by atoms with van der Waals surface area (Å²) in [7, 11) is 0. The number of hydrogen-bond acceptors (Lipinski definition) is 4. The second-order valence-electron chi connectivity index (χ2n) is 9.00. The average Bonchev–Trinajstić information content (AvgIpc) is 3.44. The molecular formula is C25H29N5O. The zero-order chi connectivity index (χ0) is 20.6. The summed E-state index contributed by atoms with van der Waals surface area (Å²) in [5.74, 6) is 1.25. The van der Waals surface area contributed by atoms with Crippen LogP contribution >= 0.6 is 0 Å². The fourth-order valence-corrected chi connectivity index (χ4v) is 5.19. The van der Waals surface area contributed by atoms with Crippen LogP contribution in [0.25, 0.3) is 33.3 Å². The van der Waals surface area contributed by atoms with Crippen LogP contribution in [0.4, 0.5) is 0 Å². The molecule has 6 heteroatoms. The topological polar surface area (TPSA) is 67.8 Å². The minimum Gasteiger partial charge on any atom is -0.381 e. The molecule has 2 fully saturated rings. The largest absolute Gasteiger partial charge is 0.381 e. The van der Waals surface area contributed by atoms with Crippen molar-refractivity contribution in [1.29, 1.82) is 0 Å². The van der Waals surface area contributed by atoms with Gasteiger partial charge >= 0.3 is 0 Å². The number of hydrogen-bond donors (Lipinski definition) is 2. The Morgan fingerprint density at radius 1 is 1.03 bits per heavy atom. The number of fused-ring (bicyclic) bond motifs is 2. The van der Waals surface area contributed by atoms with Crippen molar-refractivity contribution in [3.63, 3.8) is 0 Å². The maximum Gasteiger partial charge on any atom is 0.140 e. The predicted octanol–water partition coefficient (Wildman–Crippen LogP) is 4.47. The van der Waals surface area contributed by atoms with Gasteiger partial charge in [-0.05, 0) is 75.0 Å². The molecule has 2 aliphatic rings. The van der Waals surface area contributed by atoms with Crippen LogP contribution in [0.3, 0.4) is 0 Å². The third-order valence-electron chi connectivity index (χ3n) is 7.01. The highest BCUT2D eigenvalue weighted by Crippen LogP contribution is 2.33. The van der Waals surface area contributed by atoms with E-state index < -0.39 is 0 Å². The van der Waals surface area contributed by atoms with Gasteiger partial charge in [-0.3, -0.25) is 0 Å². The second kappa shape index (κ2) is 8.09. The number of H-pyrrole nitrogens is 1. The Morgan fingerprint density at radius 3 is 2.77 bits per heavy atom. The van der Waals surface area contributed by atoms with Gasteiger partial charge in [-0.2, -0.15) is 0 Å². The van der Waals surface area contributed by atoms with Gasteiger partial charge in [0.25, 0.3) is 0 Å². The summed E-state index contributed by atoms with van der Waals surface area (Å²) in [6, 6.07) is 10.9. The van der Waals surface area contributed by atoms with Gasteiger partial charge in [0.05, 0.1) is 5.69 Å². The van der Waals surface area contributed by atoms with Crippen molar-refractivity contribution in [2.24, 2.45) is 5.92 Å². The fraction of sp³-hybridized carbons (Fsp3) is 0.440. The van der Waals surface area contributed by atoms with Crippen LogP contribution in [0.2, 0.25) is 0 Å². The maximum atomic E-state index is 5.53. The first-order valence-corrected chi connectivity index (χ1v) is 11.6. The molecule has 0 aromatic carbocycles. The van der Waals surface area contributed by atoms with E-state index in [9.17, 15) is 0 Å². The van der Waals surface area contributed by atoms with Crippen LogP contribution < -0.4 is 5.32 Å². The Bertz CT molecular complexity index is 1200. The van der Waals surface area contributed by atoms with Crippen LogP contribution in [-0.2, 0) is 11.3 Å². The lowest BCUT2D eigenvalue weighted by molar-refractivity contribution is 0.0616. The smallest absolute Gasteiger partial charge is 0.140 e. The van der Waals surface area contributed by atoms with Crippen molar-refractivity contribution in [2.75, 3.05) is 26.3 Å². The van der Waals surface area contributed by atoms with Gasteiger partial charge in [-0.15, -0.1) is 0 Å². The summed E-state index contributed by atoms with van der Waals surface area (Å²) in [5, 5.41) is 5.83. The Balaban J connectivity index is 1.37. The van der Waals surface area contributed by atoms with Gasteiger partial charge < -0.3 is 19.6 Å². The van der Waals surface area contributed by atoms with E-state index in [1.807, 2.05) is 6.20 Å². The Kier molecular flexibility index (Phi) is 4.97. The quantitative estimate of drug-likeness (QED) is 0.516. The first-order chi connectivity index (χ1) is 15.3. The zero-order valence-electron chi connectivity index (χ0n) is 17.8. The summed E-state index contributed by atoms with van der Waals surface area (Å²) in [6.45, 7) is 4.94. The molecule has 0 radical (unpaired) electrons. The summed E-state index contributed by atoms with van der Waals surface area (Å²) in [5.41, 5.74) is 5.51. The van der Waals surface area contributed by atoms with Crippen LogP contribution in [0.5, 0.6) is 0 Å². The highest BCUT2D eigenvalue weighted by molar-refractivity contribution is 5.93. The normalized spacial score (nSPS) is 18.8. The molecule has 0 unspecified atom stereocenters. The molecule has 4 aromatic rings. The lowest BCUT2D eigenvalue weighted by Gasteiger charge is -2.22. The van der Waals surface area contributed by atoms with E-state index in [1.165, 1.54) is 29.3 Å². The van der Waals surface area contributed by atoms with Crippen molar-refractivity contribution in [3.05, 3.63) is 48.4 Å². The minimum absolute atomic E-state index is 0.579. The van der Waals surface area contributed by atoms with Crippen LogP contribution in [-0.4, -0.2) is 45.8 Å². The van der Waals surface area contributed by atoms with E-state index >= 15 is 0 Å². The SMILES string of the molecule is c1cc(-c2ccc3ccn(CC4CCOCC4)c3n2)c2cc(C3CCNCC3)[nH]c2n1. The number of nitrogens with zero attached hydrogens (tertiary/aromatic N) is 3. The summed E-state index contributed by atoms with van der Waals surface area (Å²) in [6.07, 6.45) is 8.69. The standard InChI is InChI=1S/C25H29N5O/c1-2-22(29-25-19(1)6-12-30(25)16-17-7-13-31-14-8-17)20-5-11-27-24-21(20)15-23(28-24)18-3-9-26-10-4-18/h1-2,5-6,11-12,15,17-18,26H,3-4,7-10,13-14,16H2,(H,27,28). The predicted molar refractivity (Wildman–Crippen MR) is 123 cm³/mol. The van der Waals surface area contributed by atoms with Crippen molar-refractivity contribution < 1.29 is 4.74 Å². The Hall–Kier alpha value is -2.70. The Morgan fingerprint density at radius 2 is 1.90 bits per heavy atom. The zero-order valence-corrected chi connectivity index (χ0v) is 17.8. The van der Waals surface area contributed by atoms with Crippen molar-refractivity contribution >= 4 is 22.1 Å². The van der Waals surface area contributed by atoms with Gasteiger partial charge in [0.15, 0.2) is 0 Å². The number of aromatic nitrogens is 4. The maximum absolute atomic E-state index is 5.53. The fourth-order valence-electron chi connectivity index (χ4n) is 5.19. The van der Waals surface area contributed by atoms with E-state index in [2.05, 4.69) is 56.4 Å². The molecule has 0 saturated carbocycles. The average molecular weight is 416 g/mol. The molecular weight excluding hydrogens is 386 g/mol. The second-order valence-corrected chi connectivity index (χ2v) is 9.00. The highest BCUT2D eigenvalue weighted by atomic mass is 16.5. The lowest BCUT2D eigenvalue weighted by Crippen LogP contribution is -2.26. The van der Waals surface area contributed by atoms with Gasteiger partial charge in [0.1, 0.15) is 11.3 Å². The van der Waals surface area contributed by atoms with E-state index in [0.717, 1.165) is 68.2 Å². The van der Waals surface area contributed by atoms with Gasteiger partial charge in [-0.1, -0.05) is 0 Å².